The second kappa shape index (κ2) is 8.99. The highest BCUT2D eigenvalue weighted by Crippen LogP contribution is 2.27. The van der Waals surface area contributed by atoms with Crippen LogP contribution in [0.2, 0.25) is 0 Å². The first-order valence-electron chi connectivity index (χ1n) is 10.3. The van der Waals surface area contributed by atoms with Crippen molar-refractivity contribution in [1.82, 2.24) is 15.2 Å². The number of nitrogens with one attached hydrogen (secondary N) is 1. The predicted molar refractivity (Wildman–Crippen MR) is 130 cm³/mol. The third-order valence-electron chi connectivity index (χ3n) is 5.14. The van der Waals surface area contributed by atoms with Gasteiger partial charge >= 0.3 is 0 Å². The minimum Gasteiger partial charge on any atom is -0.273 e. The maximum Gasteiger partial charge on any atom is 0.244 e. The molecule has 2 aromatic heterocycles. The number of hydrogen-bond donors (Lipinski definition) is 1. The number of benzene rings is 3. The van der Waals surface area contributed by atoms with E-state index in [4.69, 9.17) is 5.10 Å². The maximum absolute atomic E-state index is 12.5. The number of hydrogen-bond acceptors (Lipinski definition) is 4. The zero-order valence-electron chi connectivity index (χ0n) is 17.2. The van der Waals surface area contributed by atoms with Crippen molar-refractivity contribution in [2.75, 3.05) is 0 Å². The van der Waals surface area contributed by atoms with Gasteiger partial charge in [0.25, 0.3) is 0 Å². The van der Waals surface area contributed by atoms with E-state index in [1.54, 1.807) is 17.6 Å². The lowest BCUT2D eigenvalue weighted by Gasteiger charge is -2.05. The van der Waals surface area contributed by atoms with Crippen LogP contribution in [-0.2, 0) is 11.2 Å². The van der Waals surface area contributed by atoms with Crippen molar-refractivity contribution in [2.45, 2.75) is 6.42 Å². The van der Waals surface area contributed by atoms with Gasteiger partial charge in [-0.15, -0.1) is 11.3 Å². The summed E-state index contributed by atoms with van der Waals surface area (Å²) in [6.07, 6.45) is 3.84. The Bertz CT molecular complexity index is 1380. The van der Waals surface area contributed by atoms with Gasteiger partial charge in [0.05, 0.1) is 23.2 Å². The van der Waals surface area contributed by atoms with Crippen molar-refractivity contribution in [1.29, 1.82) is 0 Å². The van der Waals surface area contributed by atoms with Gasteiger partial charge in [-0.1, -0.05) is 66.7 Å². The average Bonchev–Trinajstić information content (AvgIpc) is 3.50. The lowest BCUT2D eigenvalue weighted by atomic mass is 10.0. The van der Waals surface area contributed by atoms with Crippen LogP contribution in [-0.4, -0.2) is 21.9 Å². The highest BCUT2D eigenvalue weighted by atomic mass is 32.1. The molecular weight excluding hydrogens is 416 g/mol. The number of para-hydroxylation sites is 1. The van der Waals surface area contributed by atoms with Crippen LogP contribution >= 0.6 is 11.3 Å². The Morgan fingerprint density at radius 3 is 2.62 bits per heavy atom. The molecular formula is C26H20N4OS. The van der Waals surface area contributed by atoms with Gasteiger partial charge in [0, 0.05) is 11.8 Å². The van der Waals surface area contributed by atoms with E-state index in [0.717, 1.165) is 38.2 Å². The van der Waals surface area contributed by atoms with E-state index in [-0.39, 0.29) is 12.3 Å². The number of carbonyl (C=O) groups is 1. The molecule has 1 N–H and O–H groups in total. The van der Waals surface area contributed by atoms with Gasteiger partial charge in [-0.2, -0.15) is 10.2 Å². The second-order valence-corrected chi connectivity index (χ2v) is 8.25. The van der Waals surface area contributed by atoms with Crippen molar-refractivity contribution < 1.29 is 4.79 Å². The fourth-order valence-electron chi connectivity index (χ4n) is 3.63. The summed E-state index contributed by atoms with van der Waals surface area (Å²) in [6, 6.07) is 28.0. The molecule has 0 aliphatic carbocycles. The van der Waals surface area contributed by atoms with Crippen LogP contribution < -0.4 is 5.43 Å². The highest BCUT2D eigenvalue weighted by molar-refractivity contribution is 7.13. The number of nitrogens with zero attached hydrogens (tertiary/aromatic N) is 3. The largest absolute Gasteiger partial charge is 0.273 e. The molecule has 32 heavy (non-hydrogen) atoms. The fourth-order valence-corrected chi connectivity index (χ4v) is 4.36. The quantitative estimate of drug-likeness (QED) is 0.284. The van der Waals surface area contributed by atoms with Crippen LogP contribution in [0.15, 0.2) is 102 Å². The van der Waals surface area contributed by atoms with Gasteiger partial charge in [-0.25, -0.2) is 10.1 Å². The van der Waals surface area contributed by atoms with Crippen LogP contribution in [0.4, 0.5) is 0 Å². The van der Waals surface area contributed by atoms with Crippen molar-refractivity contribution in [3.63, 3.8) is 0 Å². The Morgan fingerprint density at radius 1 is 0.969 bits per heavy atom. The van der Waals surface area contributed by atoms with Crippen LogP contribution in [0.3, 0.4) is 0 Å². The number of fused-ring (bicyclic) bond motifs is 1. The normalized spacial score (nSPS) is 11.2. The molecule has 0 aliphatic rings. The molecule has 0 unspecified atom stereocenters. The summed E-state index contributed by atoms with van der Waals surface area (Å²) in [7, 11) is 0. The summed E-state index contributed by atoms with van der Waals surface area (Å²) < 4.78 is 1.83. The lowest BCUT2D eigenvalue weighted by molar-refractivity contribution is -0.120. The monoisotopic (exact) mass is 436 g/mol. The fraction of sp³-hybridized carbons (Fsp3) is 0.0385. The average molecular weight is 437 g/mol. The summed E-state index contributed by atoms with van der Waals surface area (Å²) in [5.74, 6) is -0.161. The third-order valence-corrected chi connectivity index (χ3v) is 6.02. The molecule has 0 radical (unpaired) electrons. The molecule has 6 heteroatoms. The van der Waals surface area contributed by atoms with E-state index >= 15 is 0 Å². The Labute approximate surface area is 189 Å². The summed E-state index contributed by atoms with van der Waals surface area (Å²) in [5, 5.41) is 13.2. The van der Waals surface area contributed by atoms with E-state index in [2.05, 4.69) is 10.5 Å². The van der Waals surface area contributed by atoms with Gasteiger partial charge in [0.2, 0.25) is 5.91 Å². The lowest BCUT2D eigenvalue weighted by Crippen LogP contribution is -2.19. The molecule has 0 bridgehead atoms. The predicted octanol–water partition coefficient (Wildman–Crippen LogP) is 5.45. The van der Waals surface area contributed by atoms with E-state index in [1.807, 2.05) is 101 Å². The molecule has 2 heterocycles. The molecule has 5 aromatic rings. The molecule has 5 nitrogen and oxygen atoms in total. The number of amides is 1. The van der Waals surface area contributed by atoms with E-state index in [1.165, 1.54) is 0 Å². The van der Waals surface area contributed by atoms with Crippen molar-refractivity contribution >= 4 is 34.2 Å². The first-order valence-corrected chi connectivity index (χ1v) is 11.1. The second-order valence-electron chi connectivity index (χ2n) is 7.30. The third kappa shape index (κ3) is 4.22. The van der Waals surface area contributed by atoms with Crippen LogP contribution in [0.1, 0.15) is 11.1 Å². The minimum absolute atomic E-state index is 0.161. The van der Waals surface area contributed by atoms with Gasteiger partial charge in [-0.3, -0.25) is 4.79 Å². The van der Waals surface area contributed by atoms with E-state index in [9.17, 15) is 4.79 Å². The molecule has 0 spiro atoms. The molecule has 5 rings (SSSR count). The Balaban J connectivity index is 1.36. The number of carbonyl (C=O) groups excluding carboxylic acids is 1. The van der Waals surface area contributed by atoms with Crippen LogP contribution in [0.5, 0.6) is 0 Å². The standard InChI is InChI=1S/C26H20N4OS/c31-25(16-20-10-6-9-19-8-4-5-13-23(19)20)28-27-17-21-18-30(22-11-2-1-3-12-22)29-26(21)24-14-7-15-32-24/h1-15,17-18H,16H2,(H,28,31)/b27-17-. The number of aromatic nitrogens is 2. The Hall–Kier alpha value is -4.03. The number of hydrazone groups is 1. The van der Waals surface area contributed by atoms with Gasteiger partial charge in [-0.05, 0) is 39.9 Å². The van der Waals surface area contributed by atoms with Crippen molar-refractivity contribution in [3.8, 4) is 16.3 Å². The summed E-state index contributed by atoms with van der Waals surface area (Å²) in [4.78, 5) is 13.6. The molecule has 0 saturated heterocycles. The van der Waals surface area contributed by atoms with Crippen molar-refractivity contribution in [3.05, 3.63) is 108 Å². The first-order chi connectivity index (χ1) is 15.8. The van der Waals surface area contributed by atoms with Gasteiger partial charge in [0.15, 0.2) is 0 Å². The summed E-state index contributed by atoms with van der Waals surface area (Å²) in [6.45, 7) is 0. The minimum atomic E-state index is -0.161. The van der Waals surface area contributed by atoms with Gasteiger partial charge in [0.1, 0.15) is 5.69 Å². The Morgan fingerprint density at radius 2 is 1.78 bits per heavy atom. The zero-order chi connectivity index (χ0) is 21.8. The zero-order valence-corrected chi connectivity index (χ0v) is 18.0. The SMILES string of the molecule is O=C(Cc1cccc2ccccc12)N/N=C\c1cn(-c2ccccc2)nc1-c1cccs1. The molecule has 0 fully saturated rings. The Kier molecular flexibility index (Phi) is 5.59. The van der Waals surface area contributed by atoms with E-state index < -0.39 is 0 Å². The molecule has 3 aromatic carbocycles. The molecule has 156 valence electrons. The molecule has 1 amide bonds. The maximum atomic E-state index is 12.5. The highest BCUT2D eigenvalue weighted by Gasteiger charge is 2.12. The summed E-state index contributed by atoms with van der Waals surface area (Å²) in [5.41, 5.74) is 6.27. The van der Waals surface area contributed by atoms with Crippen molar-refractivity contribution in [2.24, 2.45) is 5.10 Å². The first kappa shape index (κ1) is 19.9. The van der Waals surface area contributed by atoms with Gasteiger partial charge < -0.3 is 0 Å². The number of rotatable bonds is 6. The number of thiophene rings is 1. The smallest absolute Gasteiger partial charge is 0.244 e. The van der Waals surface area contributed by atoms with Crippen LogP contribution in [0.25, 0.3) is 27.0 Å². The molecule has 0 saturated carbocycles. The molecule has 0 aliphatic heterocycles. The topological polar surface area (TPSA) is 59.3 Å². The summed E-state index contributed by atoms with van der Waals surface area (Å²) >= 11 is 1.62. The van der Waals surface area contributed by atoms with E-state index in [0.29, 0.717) is 0 Å². The molecule has 0 atom stereocenters. The van der Waals surface area contributed by atoms with Crippen LogP contribution in [0, 0.1) is 0 Å².